The summed E-state index contributed by atoms with van der Waals surface area (Å²) in [5.74, 6) is 0. The lowest BCUT2D eigenvalue weighted by atomic mass is 10.4. The van der Waals surface area contributed by atoms with Gasteiger partial charge in [0, 0.05) is 18.5 Å². The third-order valence-electron chi connectivity index (χ3n) is 2.70. The van der Waals surface area contributed by atoms with Crippen molar-refractivity contribution in [3.8, 4) is 0 Å². The van der Waals surface area contributed by atoms with Crippen LogP contribution in [0.3, 0.4) is 0 Å². The molecule has 10 heteroatoms. The molecule has 0 atom stereocenters. The third-order valence-corrected chi connectivity index (χ3v) is 6.06. The fourth-order valence-electron chi connectivity index (χ4n) is 1.51. The van der Waals surface area contributed by atoms with Gasteiger partial charge in [-0.2, -0.15) is 5.10 Å². The first-order valence-corrected chi connectivity index (χ1v) is 8.51. The van der Waals surface area contributed by atoms with Gasteiger partial charge in [-0.3, -0.25) is 4.79 Å². The van der Waals surface area contributed by atoms with E-state index in [1.807, 2.05) is 0 Å². The van der Waals surface area contributed by atoms with Crippen LogP contribution >= 0.6 is 22.9 Å². The maximum Gasteiger partial charge on any atom is 0.287 e. The fraction of sp³-hybridized carbons (Fsp3) is 0.273. The Labute approximate surface area is 130 Å². The summed E-state index contributed by atoms with van der Waals surface area (Å²) >= 11 is 7.06. The highest BCUT2D eigenvalue weighted by atomic mass is 35.5. The van der Waals surface area contributed by atoms with Gasteiger partial charge in [0.1, 0.15) is 9.23 Å². The molecule has 0 aliphatic rings. The highest BCUT2D eigenvalue weighted by Gasteiger charge is 2.14. The van der Waals surface area contributed by atoms with Gasteiger partial charge < -0.3 is 5.32 Å². The van der Waals surface area contributed by atoms with E-state index in [2.05, 4.69) is 15.1 Å². The molecule has 0 aromatic carbocycles. The highest BCUT2D eigenvalue weighted by Crippen LogP contribution is 2.23. The van der Waals surface area contributed by atoms with Gasteiger partial charge in [0.15, 0.2) is 0 Å². The van der Waals surface area contributed by atoms with Crippen LogP contribution in [0.2, 0.25) is 5.02 Å². The molecule has 0 saturated heterocycles. The summed E-state index contributed by atoms with van der Waals surface area (Å²) in [5.41, 5.74) is 0.0116. The third kappa shape index (κ3) is 3.43. The van der Waals surface area contributed by atoms with Crippen LogP contribution in [0.5, 0.6) is 0 Å². The van der Waals surface area contributed by atoms with E-state index in [1.54, 1.807) is 6.07 Å². The van der Waals surface area contributed by atoms with Crippen LogP contribution in [0.4, 0.5) is 5.69 Å². The second-order valence-corrected chi connectivity index (χ2v) is 7.74. The topological polar surface area (TPSA) is 93.1 Å². The zero-order valence-electron chi connectivity index (χ0n) is 11.3. The Hall–Kier alpha value is -1.42. The van der Waals surface area contributed by atoms with Gasteiger partial charge >= 0.3 is 0 Å². The molecule has 0 aliphatic carbocycles. The van der Waals surface area contributed by atoms with E-state index < -0.39 is 15.6 Å². The summed E-state index contributed by atoms with van der Waals surface area (Å²) in [6.45, 7) is 0.346. The van der Waals surface area contributed by atoms with Gasteiger partial charge in [0.25, 0.3) is 5.56 Å². The fourth-order valence-corrected chi connectivity index (χ4v) is 3.89. The first kappa shape index (κ1) is 16.0. The van der Waals surface area contributed by atoms with Gasteiger partial charge in [-0.1, -0.05) is 11.6 Å². The van der Waals surface area contributed by atoms with Crippen LogP contribution in [0, 0.1) is 0 Å². The van der Waals surface area contributed by atoms with Gasteiger partial charge in [0.2, 0.25) is 10.0 Å². The number of aryl methyl sites for hydroxylation is 1. The molecule has 0 spiro atoms. The summed E-state index contributed by atoms with van der Waals surface area (Å²) in [6.07, 6.45) is 1.45. The molecule has 0 aliphatic heterocycles. The van der Waals surface area contributed by atoms with E-state index in [0.717, 1.165) is 20.9 Å². The number of halogens is 1. The van der Waals surface area contributed by atoms with E-state index in [1.165, 1.54) is 26.4 Å². The van der Waals surface area contributed by atoms with E-state index >= 15 is 0 Å². The smallest absolute Gasteiger partial charge is 0.287 e. The van der Waals surface area contributed by atoms with Crippen LogP contribution in [0.25, 0.3) is 0 Å². The molecule has 0 radical (unpaired) electrons. The predicted molar refractivity (Wildman–Crippen MR) is 82.4 cm³/mol. The number of rotatable bonds is 5. The van der Waals surface area contributed by atoms with Crippen molar-refractivity contribution in [1.82, 2.24) is 14.5 Å². The number of aromatic nitrogens is 2. The standard InChI is InChI=1S/C11H13ClN4O3S2/c1-13-21(18,19)9-4-3-7(20-9)5-14-8-6-15-16(2)11(17)10(8)12/h3-4,6,13-14H,5H2,1-2H3. The van der Waals surface area contributed by atoms with Crippen molar-refractivity contribution in [2.24, 2.45) is 7.05 Å². The zero-order chi connectivity index (χ0) is 15.6. The molecular weight excluding hydrogens is 336 g/mol. The van der Waals surface area contributed by atoms with Crippen LogP contribution in [-0.2, 0) is 23.6 Å². The molecule has 7 nitrogen and oxygen atoms in total. The predicted octanol–water partition coefficient (Wildman–Crippen LogP) is 1.02. The molecule has 2 aromatic rings. The van der Waals surface area contributed by atoms with Crippen molar-refractivity contribution in [2.75, 3.05) is 12.4 Å². The molecule has 0 fully saturated rings. The second-order valence-electron chi connectivity index (χ2n) is 4.08. The zero-order valence-corrected chi connectivity index (χ0v) is 13.6. The number of hydrogen-bond acceptors (Lipinski definition) is 6. The van der Waals surface area contributed by atoms with E-state index in [0.29, 0.717) is 12.2 Å². The van der Waals surface area contributed by atoms with Crippen molar-refractivity contribution >= 4 is 38.6 Å². The quantitative estimate of drug-likeness (QED) is 0.841. The highest BCUT2D eigenvalue weighted by molar-refractivity contribution is 7.91. The molecular formula is C11H13ClN4O3S2. The molecule has 2 N–H and O–H groups in total. The largest absolute Gasteiger partial charge is 0.377 e. The van der Waals surface area contributed by atoms with Crippen LogP contribution in [0.15, 0.2) is 27.3 Å². The normalized spacial score (nSPS) is 11.6. The van der Waals surface area contributed by atoms with Crippen LogP contribution < -0.4 is 15.6 Å². The minimum Gasteiger partial charge on any atom is -0.377 e. The van der Waals surface area contributed by atoms with Crippen molar-refractivity contribution in [1.29, 1.82) is 0 Å². The number of sulfonamides is 1. The summed E-state index contributed by atoms with van der Waals surface area (Å²) in [4.78, 5) is 12.4. The number of anilines is 1. The number of thiophene rings is 1. The van der Waals surface area contributed by atoms with Gasteiger partial charge in [-0.25, -0.2) is 17.8 Å². The lowest BCUT2D eigenvalue weighted by molar-refractivity contribution is 0.590. The molecule has 0 amide bonds. The summed E-state index contributed by atoms with van der Waals surface area (Å²) in [6, 6.07) is 3.22. The molecule has 114 valence electrons. The van der Waals surface area contributed by atoms with Crippen molar-refractivity contribution in [2.45, 2.75) is 10.8 Å². The molecule has 21 heavy (non-hydrogen) atoms. The maximum absolute atomic E-state index is 11.6. The van der Waals surface area contributed by atoms with E-state index in [-0.39, 0.29) is 9.23 Å². The molecule has 0 unspecified atom stereocenters. The molecule has 2 rings (SSSR count). The monoisotopic (exact) mass is 348 g/mol. The first-order chi connectivity index (χ1) is 9.85. The maximum atomic E-state index is 11.6. The van der Waals surface area contributed by atoms with Crippen molar-refractivity contribution in [3.05, 3.63) is 38.6 Å². The minimum absolute atomic E-state index is 0.0483. The lowest BCUT2D eigenvalue weighted by Crippen LogP contribution is -2.20. The average molecular weight is 349 g/mol. The molecule has 0 saturated carbocycles. The molecule has 2 aromatic heterocycles. The molecule has 2 heterocycles. The number of nitrogens with one attached hydrogen (secondary N) is 2. The van der Waals surface area contributed by atoms with E-state index in [9.17, 15) is 13.2 Å². The lowest BCUT2D eigenvalue weighted by Gasteiger charge is -2.07. The van der Waals surface area contributed by atoms with Gasteiger partial charge in [0.05, 0.1) is 11.9 Å². The Morgan fingerprint density at radius 1 is 1.43 bits per heavy atom. The van der Waals surface area contributed by atoms with Gasteiger partial charge in [-0.05, 0) is 19.2 Å². The van der Waals surface area contributed by atoms with Crippen molar-refractivity contribution < 1.29 is 8.42 Å². The first-order valence-electron chi connectivity index (χ1n) is 5.83. The van der Waals surface area contributed by atoms with Gasteiger partial charge in [-0.15, -0.1) is 11.3 Å². The average Bonchev–Trinajstić information content (AvgIpc) is 2.94. The number of hydrogen-bond donors (Lipinski definition) is 2. The SMILES string of the molecule is CNS(=O)(=O)c1ccc(CNc2cnn(C)c(=O)c2Cl)s1. The Bertz CT molecular complexity index is 813. The Morgan fingerprint density at radius 3 is 2.81 bits per heavy atom. The summed E-state index contributed by atoms with van der Waals surface area (Å²) in [7, 11) is -0.566. The molecule has 0 bridgehead atoms. The number of nitrogens with zero attached hydrogens (tertiary/aromatic N) is 2. The summed E-state index contributed by atoms with van der Waals surface area (Å²) in [5, 5.41) is 6.88. The Balaban J connectivity index is 2.15. The van der Waals surface area contributed by atoms with Crippen LogP contribution in [-0.4, -0.2) is 25.2 Å². The van der Waals surface area contributed by atoms with Crippen LogP contribution in [0.1, 0.15) is 4.88 Å². The van der Waals surface area contributed by atoms with Crippen molar-refractivity contribution in [3.63, 3.8) is 0 Å². The minimum atomic E-state index is -3.43. The van der Waals surface area contributed by atoms with E-state index in [4.69, 9.17) is 11.6 Å². The Morgan fingerprint density at radius 2 is 2.14 bits per heavy atom. The Kier molecular flexibility index (Phi) is 4.67. The summed E-state index contributed by atoms with van der Waals surface area (Å²) < 4.78 is 26.9. The second kappa shape index (κ2) is 6.14.